The number of anilines is 1. The Labute approximate surface area is 140 Å². The highest BCUT2D eigenvalue weighted by Gasteiger charge is 2.12. The Balaban J connectivity index is 2.10. The van der Waals surface area contributed by atoms with E-state index in [0.29, 0.717) is 6.54 Å². The van der Waals surface area contributed by atoms with Crippen LogP contribution in [0.5, 0.6) is 0 Å². The highest BCUT2D eigenvalue weighted by atomic mass is 79.9. The van der Waals surface area contributed by atoms with Crippen molar-refractivity contribution in [1.82, 2.24) is 18.9 Å². The molecule has 0 saturated carbocycles. The monoisotopic (exact) mass is 383 g/mol. The number of carbonyl (C=O) groups is 1. The van der Waals surface area contributed by atoms with Crippen LogP contribution in [0.15, 0.2) is 20.1 Å². The predicted molar refractivity (Wildman–Crippen MR) is 89.6 cm³/mol. The highest BCUT2D eigenvalue weighted by molar-refractivity contribution is 9.10. The molecule has 0 spiro atoms. The van der Waals surface area contributed by atoms with Gasteiger partial charge in [-0.15, -0.1) is 0 Å². The molecule has 2 heterocycles. The van der Waals surface area contributed by atoms with Crippen molar-refractivity contribution in [3.05, 3.63) is 42.8 Å². The summed E-state index contributed by atoms with van der Waals surface area (Å²) in [6.07, 6.45) is 0.178. The van der Waals surface area contributed by atoms with Gasteiger partial charge in [0.25, 0.3) is 5.56 Å². The van der Waals surface area contributed by atoms with Crippen LogP contribution in [0.1, 0.15) is 17.8 Å². The van der Waals surface area contributed by atoms with E-state index in [1.165, 1.54) is 24.7 Å². The molecule has 2 aromatic rings. The molecule has 23 heavy (non-hydrogen) atoms. The average Bonchev–Trinajstić information content (AvgIpc) is 2.75. The van der Waals surface area contributed by atoms with E-state index >= 15 is 0 Å². The minimum absolute atomic E-state index is 0.178. The maximum Gasteiger partial charge on any atom is 0.332 e. The van der Waals surface area contributed by atoms with E-state index in [-0.39, 0.29) is 18.1 Å². The molecule has 0 saturated heterocycles. The Morgan fingerprint density at radius 1 is 1.26 bits per heavy atom. The van der Waals surface area contributed by atoms with Crippen LogP contribution < -0.4 is 16.6 Å². The number of hydrogen-bond donors (Lipinski definition) is 1. The summed E-state index contributed by atoms with van der Waals surface area (Å²) in [7, 11) is 2.88. The summed E-state index contributed by atoms with van der Waals surface area (Å²) in [5.41, 5.74) is 0.842. The lowest BCUT2D eigenvalue weighted by Gasteiger charge is -2.11. The Kier molecular flexibility index (Phi) is 4.88. The molecule has 0 bridgehead atoms. The molecular weight excluding hydrogens is 366 g/mol. The van der Waals surface area contributed by atoms with Gasteiger partial charge in [0.15, 0.2) is 0 Å². The van der Waals surface area contributed by atoms with Gasteiger partial charge in [0.05, 0.1) is 16.7 Å². The van der Waals surface area contributed by atoms with Gasteiger partial charge in [-0.05, 0) is 29.8 Å². The molecule has 1 amide bonds. The van der Waals surface area contributed by atoms with Crippen molar-refractivity contribution in [3.63, 3.8) is 0 Å². The number of amides is 1. The SMILES string of the molecule is Cc1nn(CCC(=O)Nc2cc(=O)n(C)c(=O)n2C)c(C)c1Br. The molecule has 1 N–H and O–H groups in total. The number of nitrogens with one attached hydrogen (secondary N) is 1. The van der Waals surface area contributed by atoms with Gasteiger partial charge in [0.1, 0.15) is 5.82 Å². The standard InChI is InChI=1S/C14H18BrN5O3/c1-8-13(15)9(2)20(17-8)6-5-11(21)16-10-7-12(22)19(4)14(23)18(10)3/h7H,5-6H2,1-4H3,(H,16,21). The molecule has 2 aromatic heterocycles. The van der Waals surface area contributed by atoms with Crippen LogP contribution in [0.4, 0.5) is 5.82 Å². The number of aryl methyl sites for hydroxylation is 2. The largest absolute Gasteiger partial charge is 0.332 e. The van der Waals surface area contributed by atoms with E-state index in [1.807, 2.05) is 13.8 Å². The van der Waals surface area contributed by atoms with Gasteiger partial charge in [-0.2, -0.15) is 5.10 Å². The second-order valence-corrected chi connectivity index (χ2v) is 6.07. The molecule has 0 unspecified atom stereocenters. The quantitative estimate of drug-likeness (QED) is 0.840. The lowest BCUT2D eigenvalue weighted by atomic mass is 10.3. The van der Waals surface area contributed by atoms with Gasteiger partial charge in [-0.1, -0.05) is 0 Å². The van der Waals surface area contributed by atoms with Gasteiger partial charge in [-0.25, -0.2) is 4.79 Å². The smallest absolute Gasteiger partial charge is 0.312 e. The first kappa shape index (κ1) is 17.2. The molecular formula is C14H18BrN5O3. The first-order chi connectivity index (χ1) is 10.7. The van der Waals surface area contributed by atoms with E-state index < -0.39 is 11.2 Å². The number of carbonyl (C=O) groups excluding carboxylic acids is 1. The first-order valence-corrected chi connectivity index (χ1v) is 7.78. The summed E-state index contributed by atoms with van der Waals surface area (Å²) in [4.78, 5) is 35.5. The average molecular weight is 384 g/mol. The van der Waals surface area contributed by atoms with Crippen LogP contribution in [0.2, 0.25) is 0 Å². The van der Waals surface area contributed by atoms with Gasteiger partial charge in [0, 0.05) is 32.3 Å². The van der Waals surface area contributed by atoms with Gasteiger partial charge in [0.2, 0.25) is 5.91 Å². The number of aromatic nitrogens is 4. The van der Waals surface area contributed by atoms with Crippen LogP contribution in [-0.2, 0) is 25.4 Å². The number of halogens is 1. The fraction of sp³-hybridized carbons (Fsp3) is 0.429. The molecule has 0 fully saturated rings. The van der Waals surface area contributed by atoms with E-state index in [2.05, 4.69) is 26.3 Å². The predicted octanol–water partition coefficient (Wildman–Crippen LogP) is 0.689. The summed E-state index contributed by atoms with van der Waals surface area (Å²) >= 11 is 3.43. The van der Waals surface area contributed by atoms with Crippen LogP contribution in [-0.4, -0.2) is 24.8 Å². The Hall–Kier alpha value is -2.16. The van der Waals surface area contributed by atoms with Crippen molar-refractivity contribution < 1.29 is 4.79 Å². The zero-order chi connectivity index (χ0) is 17.3. The maximum absolute atomic E-state index is 12.1. The molecule has 0 aromatic carbocycles. The van der Waals surface area contributed by atoms with Crippen molar-refractivity contribution in [1.29, 1.82) is 0 Å². The van der Waals surface area contributed by atoms with Crippen molar-refractivity contribution in [2.24, 2.45) is 14.1 Å². The van der Waals surface area contributed by atoms with Crippen LogP contribution in [0.3, 0.4) is 0 Å². The Morgan fingerprint density at radius 3 is 2.48 bits per heavy atom. The lowest BCUT2D eigenvalue weighted by Crippen LogP contribution is -2.38. The first-order valence-electron chi connectivity index (χ1n) is 6.98. The summed E-state index contributed by atoms with van der Waals surface area (Å²) in [6.45, 7) is 4.19. The fourth-order valence-corrected chi connectivity index (χ4v) is 2.44. The van der Waals surface area contributed by atoms with Crippen molar-refractivity contribution in [3.8, 4) is 0 Å². The van der Waals surface area contributed by atoms with E-state index in [4.69, 9.17) is 0 Å². The van der Waals surface area contributed by atoms with E-state index in [0.717, 1.165) is 20.4 Å². The number of hydrogen-bond acceptors (Lipinski definition) is 4. The van der Waals surface area contributed by atoms with Crippen LogP contribution >= 0.6 is 15.9 Å². The lowest BCUT2D eigenvalue weighted by molar-refractivity contribution is -0.116. The normalized spacial score (nSPS) is 10.8. The second kappa shape index (κ2) is 6.53. The summed E-state index contributed by atoms with van der Waals surface area (Å²) in [6, 6.07) is 1.22. The molecule has 8 nitrogen and oxygen atoms in total. The van der Waals surface area contributed by atoms with Crippen LogP contribution in [0.25, 0.3) is 0 Å². The van der Waals surface area contributed by atoms with Gasteiger partial charge >= 0.3 is 5.69 Å². The van der Waals surface area contributed by atoms with E-state index in [9.17, 15) is 14.4 Å². The Morgan fingerprint density at radius 2 is 1.91 bits per heavy atom. The highest BCUT2D eigenvalue weighted by Crippen LogP contribution is 2.19. The third-order valence-corrected chi connectivity index (χ3v) is 4.78. The van der Waals surface area contributed by atoms with Crippen molar-refractivity contribution >= 4 is 27.7 Å². The number of nitrogens with zero attached hydrogens (tertiary/aromatic N) is 4. The molecule has 0 aliphatic heterocycles. The molecule has 0 aliphatic rings. The summed E-state index contributed by atoms with van der Waals surface area (Å²) in [5.74, 6) is -0.116. The summed E-state index contributed by atoms with van der Waals surface area (Å²) in [5, 5.41) is 6.92. The minimum atomic E-state index is -0.490. The zero-order valence-electron chi connectivity index (χ0n) is 13.4. The maximum atomic E-state index is 12.1. The number of rotatable bonds is 4. The molecule has 0 aliphatic carbocycles. The van der Waals surface area contributed by atoms with Gasteiger partial charge < -0.3 is 5.32 Å². The third kappa shape index (κ3) is 3.44. The van der Waals surface area contributed by atoms with Crippen LogP contribution in [0, 0.1) is 13.8 Å². The van der Waals surface area contributed by atoms with Crippen molar-refractivity contribution in [2.75, 3.05) is 5.32 Å². The fourth-order valence-electron chi connectivity index (χ4n) is 2.16. The molecule has 2 rings (SSSR count). The minimum Gasteiger partial charge on any atom is -0.312 e. The van der Waals surface area contributed by atoms with Gasteiger partial charge in [-0.3, -0.25) is 23.4 Å². The second-order valence-electron chi connectivity index (χ2n) is 5.27. The topological polar surface area (TPSA) is 90.9 Å². The molecule has 0 radical (unpaired) electrons. The third-order valence-electron chi connectivity index (χ3n) is 3.64. The zero-order valence-corrected chi connectivity index (χ0v) is 15.0. The molecule has 0 atom stereocenters. The molecule has 9 heteroatoms. The van der Waals surface area contributed by atoms with E-state index in [1.54, 1.807) is 4.68 Å². The Bertz CT molecular complexity index is 878. The summed E-state index contributed by atoms with van der Waals surface area (Å²) < 4.78 is 4.86. The van der Waals surface area contributed by atoms with Crippen molar-refractivity contribution in [2.45, 2.75) is 26.8 Å². The molecule has 124 valence electrons.